The van der Waals surface area contributed by atoms with Gasteiger partial charge < -0.3 is 4.90 Å². The number of aromatic nitrogens is 2. The molecule has 1 aromatic heterocycles. The molecule has 2 heterocycles. The highest BCUT2D eigenvalue weighted by Gasteiger charge is 2.27. The summed E-state index contributed by atoms with van der Waals surface area (Å²) in [5.41, 5.74) is 3.53. The van der Waals surface area contributed by atoms with E-state index >= 15 is 0 Å². The van der Waals surface area contributed by atoms with Gasteiger partial charge in [-0.05, 0) is 62.8 Å². The van der Waals surface area contributed by atoms with Crippen LogP contribution in [-0.2, 0) is 6.42 Å². The van der Waals surface area contributed by atoms with Crippen LogP contribution in [0.1, 0.15) is 54.9 Å². The van der Waals surface area contributed by atoms with Crippen LogP contribution in [0.4, 0.5) is 0 Å². The summed E-state index contributed by atoms with van der Waals surface area (Å²) in [6, 6.07) is 7.59. The van der Waals surface area contributed by atoms with Gasteiger partial charge in [0.1, 0.15) is 0 Å². The van der Waals surface area contributed by atoms with Crippen LogP contribution in [-0.4, -0.2) is 33.7 Å². The fraction of sp³-hybridized carbons (Fsp3) is 0.500. The summed E-state index contributed by atoms with van der Waals surface area (Å²) in [5.74, 6) is 0.578. The van der Waals surface area contributed by atoms with Gasteiger partial charge in [-0.2, -0.15) is 5.10 Å². The molecule has 25 heavy (non-hydrogen) atoms. The Morgan fingerprint density at radius 1 is 1.16 bits per heavy atom. The zero-order valence-electron chi connectivity index (χ0n) is 15.3. The fourth-order valence-corrected chi connectivity index (χ4v) is 3.58. The number of piperidine rings is 1. The van der Waals surface area contributed by atoms with Crippen LogP contribution < -0.4 is 0 Å². The highest BCUT2D eigenvalue weighted by Crippen LogP contribution is 2.24. The monoisotopic (exact) mass is 359 g/mol. The first-order chi connectivity index (χ1) is 12.0. The Balaban J connectivity index is 2.02. The predicted octanol–water partition coefficient (Wildman–Crippen LogP) is 4.66. The topological polar surface area (TPSA) is 38.1 Å². The number of benzene rings is 1. The lowest BCUT2D eigenvalue weighted by Crippen LogP contribution is -2.36. The van der Waals surface area contributed by atoms with Crippen molar-refractivity contribution in [2.24, 2.45) is 5.92 Å². The lowest BCUT2D eigenvalue weighted by atomic mass is 10.0. The number of carbonyl (C=O) groups excluding carboxylic acids is 1. The van der Waals surface area contributed by atoms with Gasteiger partial charge in [-0.1, -0.05) is 25.4 Å². The maximum atomic E-state index is 13.2. The largest absolute Gasteiger partial charge is 0.339 e. The van der Waals surface area contributed by atoms with E-state index in [4.69, 9.17) is 16.7 Å². The highest BCUT2D eigenvalue weighted by atomic mass is 35.5. The van der Waals surface area contributed by atoms with Gasteiger partial charge in [0.2, 0.25) is 0 Å². The number of carbonyl (C=O) groups is 1. The number of halogens is 1. The Hall–Kier alpha value is -1.81. The second-order valence-electron chi connectivity index (χ2n) is 7.25. The molecule has 2 aromatic rings. The number of hydrogen-bond donors (Lipinski definition) is 0. The number of hydrogen-bond acceptors (Lipinski definition) is 2. The van der Waals surface area contributed by atoms with E-state index in [1.165, 1.54) is 6.42 Å². The third-order valence-corrected chi connectivity index (χ3v) is 4.97. The summed E-state index contributed by atoms with van der Waals surface area (Å²) in [6.07, 6.45) is 4.20. The number of nitrogens with zero attached hydrogens (tertiary/aromatic N) is 3. The van der Waals surface area contributed by atoms with Crippen LogP contribution in [0.2, 0.25) is 5.02 Å². The zero-order chi connectivity index (χ0) is 18.0. The SMILES string of the molecule is Cc1c(C(=O)N2CCCCC2)c(CC(C)C)nn1-c1ccc(Cl)cc1. The molecule has 0 radical (unpaired) electrons. The molecule has 0 spiro atoms. The lowest BCUT2D eigenvalue weighted by Gasteiger charge is -2.27. The van der Waals surface area contributed by atoms with Crippen LogP contribution in [0.15, 0.2) is 24.3 Å². The summed E-state index contributed by atoms with van der Waals surface area (Å²) in [7, 11) is 0. The molecule has 4 nitrogen and oxygen atoms in total. The molecular weight excluding hydrogens is 334 g/mol. The Bertz CT molecular complexity index is 743. The van der Waals surface area contributed by atoms with Crippen LogP contribution in [0.25, 0.3) is 5.69 Å². The molecule has 0 saturated carbocycles. The van der Waals surface area contributed by atoms with Gasteiger partial charge in [0, 0.05) is 18.1 Å². The number of amides is 1. The Morgan fingerprint density at radius 2 is 1.80 bits per heavy atom. The molecule has 1 amide bonds. The summed E-state index contributed by atoms with van der Waals surface area (Å²) < 4.78 is 1.88. The van der Waals surface area contributed by atoms with Crippen molar-refractivity contribution >= 4 is 17.5 Å². The molecular formula is C20H26ClN3O. The number of rotatable bonds is 4. The molecule has 0 unspecified atom stereocenters. The zero-order valence-corrected chi connectivity index (χ0v) is 16.0. The summed E-state index contributed by atoms with van der Waals surface area (Å²) in [6.45, 7) is 8.01. The van der Waals surface area contributed by atoms with E-state index in [1.54, 1.807) is 0 Å². The highest BCUT2D eigenvalue weighted by molar-refractivity contribution is 6.30. The van der Waals surface area contributed by atoms with Crippen molar-refractivity contribution in [1.82, 2.24) is 14.7 Å². The minimum absolute atomic E-state index is 0.132. The van der Waals surface area contributed by atoms with Crippen molar-refractivity contribution in [3.8, 4) is 5.69 Å². The Morgan fingerprint density at radius 3 is 2.40 bits per heavy atom. The van der Waals surface area contributed by atoms with E-state index in [1.807, 2.05) is 40.8 Å². The van der Waals surface area contributed by atoms with Gasteiger partial charge in [-0.3, -0.25) is 4.79 Å². The first kappa shape index (κ1) is 18.0. The first-order valence-electron chi connectivity index (χ1n) is 9.11. The first-order valence-corrected chi connectivity index (χ1v) is 9.49. The van der Waals surface area contributed by atoms with Crippen LogP contribution in [0.5, 0.6) is 0 Å². The quantitative estimate of drug-likeness (QED) is 0.796. The summed E-state index contributed by atoms with van der Waals surface area (Å²) in [5, 5.41) is 5.49. The third kappa shape index (κ3) is 3.90. The molecule has 1 aromatic carbocycles. The van der Waals surface area contributed by atoms with E-state index in [2.05, 4.69) is 13.8 Å². The van der Waals surface area contributed by atoms with E-state index in [0.717, 1.165) is 55.0 Å². The molecule has 0 aliphatic carbocycles. The molecule has 134 valence electrons. The van der Waals surface area contributed by atoms with Crippen molar-refractivity contribution in [1.29, 1.82) is 0 Å². The maximum absolute atomic E-state index is 13.2. The summed E-state index contributed by atoms with van der Waals surface area (Å²) >= 11 is 6.01. The molecule has 0 N–H and O–H groups in total. The second-order valence-corrected chi connectivity index (χ2v) is 7.68. The standard InChI is InChI=1S/C20H26ClN3O/c1-14(2)13-18-19(20(25)23-11-5-4-6-12-23)15(3)24(22-18)17-9-7-16(21)8-10-17/h7-10,14H,4-6,11-13H2,1-3H3. The van der Waals surface area contributed by atoms with Gasteiger partial charge in [0.25, 0.3) is 5.91 Å². The van der Waals surface area contributed by atoms with E-state index in [0.29, 0.717) is 10.9 Å². The molecule has 3 rings (SSSR count). The molecule has 1 saturated heterocycles. The lowest BCUT2D eigenvalue weighted by molar-refractivity contribution is 0.0722. The van der Waals surface area contributed by atoms with Crippen LogP contribution in [0.3, 0.4) is 0 Å². The molecule has 1 aliphatic rings. The van der Waals surface area contributed by atoms with Gasteiger partial charge in [0.05, 0.1) is 22.6 Å². The minimum atomic E-state index is 0.132. The van der Waals surface area contributed by atoms with Crippen molar-refractivity contribution in [2.75, 3.05) is 13.1 Å². The fourth-order valence-electron chi connectivity index (χ4n) is 3.46. The van der Waals surface area contributed by atoms with Crippen molar-refractivity contribution < 1.29 is 4.79 Å². The normalized spacial score (nSPS) is 15.0. The molecule has 1 aliphatic heterocycles. The second kappa shape index (κ2) is 7.61. The van der Waals surface area contributed by atoms with E-state index in [-0.39, 0.29) is 5.91 Å². The molecule has 5 heteroatoms. The van der Waals surface area contributed by atoms with Gasteiger partial charge in [0.15, 0.2) is 0 Å². The van der Waals surface area contributed by atoms with Crippen molar-refractivity contribution in [3.63, 3.8) is 0 Å². The number of likely N-dealkylation sites (tertiary alicyclic amines) is 1. The predicted molar refractivity (Wildman–Crippen MR) is 102 cm³/mol. The van der Waals surface area contributed by atoms with Crippen LogP contribution in [0, 0.1) is 12.8 Å². The van der Waals surface area contributed by atoms with E-state index < -0.39 is 0 Å². The van der Waals surface area contributed by atoms with Crippen molar-refractivity contribution in [3.05, 3.63) is 46.2 Å². The maximum Gasteiger partial charge on any atom is 0.257 e. The van der Waals surface area contributed by atoms with Gasteiger partial charge in [-0.15, -0.1) is 0 Å². The average Bonchev–Trinajstić information content (AvgIpc) is 2.91. The van der Waals surface area contributed by atoms with Gasteiger partial charge >= 0.3 is 0 Å². The molecule has 0 bridgehead atoms. The average molecular weight is 360 g/mol. The third-order valence-electron chi connectivity index (χ3n) is 4.72. The smallest absolute Gasteiger partial charge is 0.257 e. The van der Waals surface area contributed by atoms with Crippen molar-refractivity contribution in [2.45, 2.75) is 46.5 Å². The minimum Gasteiger partial charge on any atom is -0.339 e. The Kier molecular flexibility index (Phi) is 5.48. The van der Waals surface area contributed by atoms with Gasteiger partial charge in [-0.25, -0.2) is 4.68 Å². The Labute approximate surface area is 154 Å². The van der Waals surface area contributed by atoms with Crippen LogP contribution >= 0.6 is 11.6 Å². The summed E-state index contributed by atoms with van der Waals surface area (Å²) in [4.78, 5) is 15.2. The molecule has 0 atom stereocenters. The van der Waals surface area contributed by atoms with E-state index in [9.17, 15) is 4.79 Å². The molecule has 1 fully saturated rings.